The van der Waals surface area contributed by atoms with Crippen molar-refractivity contribution < 1.29 is 13.2 Å². The molecule has 8 heteroatoms. The van der Waals surface area contributed by atoms with Gasteiger partial charge in [-0.25, -0.2) is 8.42 Å². The molecule has 0 saturated carbocycles. The molecule has 0 aromatic heterocycles. The normalized spacial score (nSPS) is 16.4. The van der Waals surface area contributed by atoms with Crippen molar-refractivity contribution >= 4 is 39.0 Å². The first-order valence-electron chi connectivity index (χ1n) is 8.57. The van der Waals surface area contributed by atoms with Crippen LogP contribution in [0, 0.1) is 0 Å². The number of carbonyl (C=O) groups excluding carboxylic acids is 1. The minimum Gasteiger partial charge on any atom is -0.293 e. The highest BCUT2D eigenvalue weighted by Gasteiger charge is 2.28. The van der Waals surface area contributed by atoms with E-state index in [-0.39, 0.29) is 18.1 Å². The Bertz CT molecular complexity index is 912. The first-order valence-corrected chi connectivity index (χ1v) is 10.9. The van der Waals surface area contributed by atoms with Crippen LogP contribution in [0.2, 0.25) is 10.0 Å². The van der Waals surface area contributed by atoms with Crippen LogP contribution in [-0.4, -0.2) is 56.1 Å². The number of halogens is 2. The number of piperazine rings is 1. The van der Waals surface area contributed by atoms with Crippen LogP contribution in [-0.2, 0) is 15.8 Å². The molecule has 0 bridgehead atoms. The summed E-state index contributed by atoms with van der Waals surface area (Å²) in [6.45, 7) is 2.02. The van der Waals surface area contributed by atoms with E-state index in [9.17, 15) is 13.2 Å². The first-order chi connectivity index (χ1) is 12.8. The Labute approximate surface area is 169 Å². The third-order valence-corrected chi connectivity index (χ3v) is 6.96. The third-order valence-electron chi connectivity index (χ3n) is 4.53. The Kier molecular flexibility index (Phi) is 6.55. The van der Waals surface area contributed by atoms with E-state index in [0.29, 0.717) is 47.4 Å². The molecule has 1 saturated heterocycles. The van der Waals surface area contributed by atoms with Gasteiger partial charge in [0.2, 0.25) is 10.0 Å². The molecule has 144 valence electrons. The van der Waals surface area contributed by atoms with E-state index in [4.69, 9.17) is 23.2 Å². The molecule has 0 amide bonds. The minimum atomic E-state index is -3.50. The highest BCUT2D eigenvalue weighted by atomic mass is 35.5. The molecule has 1 fully saturated rings. The highest BCUT2D eigenvalue weighted by molar-refractivity contribution is 7.88. The molecule has 5 nitrogen and oxygen atoms in total. The molecule has 2 aromatic carbocycles. The number of Topliss-reactive ketones (excluding diaryl/α,β-unsaturated/α-hetero) is 1. The van der Waals surface area contributed by atoms with E-state index in [1.165, 1.54) is 4.31 Å². The van der Waals surface area contributed by atoms with E-state index >= 15 is 0 Å². The van der Waals surface area contributed by atoms with Gasteiger partial charge < -0.3 is 0 Å². The van der Waals surface area contributed by atoms with Crippen molar-refractivity contribution in [1.29, 1.82) is 0 Å². The van der Waals surface area contributed by atoms with E-state index < -0.39 is 10.0 Å². The lowest BCUT2D eigenvalue weighted by Crippen LogP contribution is -2.50. The zero-order valence-corrected chi connectivity index (χ0v) is 17.0. The summed E-state index contributed by atoms with van der Waals surface area (Å²) in [5, 5.41) is 0.837. The average Bonchev–Trinajstić information content (AvgIpc) is 2.65. The molecule has 0 atom stereocenters. The topological polar surface area (TPSA) is 57.7 Å². The lowest BCUT2D eigenvalue weighted by Gasteiger charge is -2.33. The second-order valence-corrected chi connectivity index (χ2v) is 9.27. The molecule has 0 aliphatic carbocycles. The standard InChI is InChI=1S/C19H20Cl2N2O3S/c20-17-6-7-18(21)16(12-17)14-27(25,26)23-10-8-22(9-11-23)13-19(24)15-4-2-1-3-5-15/h1-7,12H,8-11,13-14H2. The zero-order chi connectivity index (χ0) is 19.4. The van der Waals surface area contributed by atoms with Gasteiger partial charge in [-0.3, -0.25) is 9.69 Å². The van der Waals surface area contributed by atoms with Gasteiger partial charge in [-0.15, -0.1) is 0 Å². The van der Waals surface area contributed by atoms with Gasteiger partial charge in [-0.1, -0.05) is 53.5 Å². The van der Waals surface area contributed by atoms with Crippen LogP contribution in [0.15, 0.2) is 48.5 Å². The van der Waals surface area contributed by atoms with E-state index in [1.807, 2.05) is 23.1 Å². The maximum absolute atomic E-state index is 12.7. The van der Waals surface area contributed by atoms with Crippen molar-refractivity contribution in [3.05, 3.63) is 69.7 Å². The molecule has 1 aliphatic heterocycles. The Morgan fingerprint density at radius 2 is 1.63 bits per heavy atom. The van der Waals surface area contributed by atoms with Crippen LogP contribution in [0.3, 0.4) is 0 Å². The molecular formula is C19H20Cl2N2O3S. The number of carbonyl (C=O) groups is 1. The van der Waals surface area contributed by atoms with Crippen LogP contribution in [0.25, 0.3) is 0 Å². The summed E-state index contributed by atoms with van der Waals surface area (Å²) in [5.41, 5.74) is 1.16. The molecule has 1 heterocycles. The van der Waals surface area contributed by atoms with E-state index in [0.717, 1.165) is 0 Å². The SMILES string of the molecule is O=C(CN1CCN(S(=O)(=O)Cc2cc(Cl)ccc2Cl)CC1)c1ccccc1. The average molecular weight is 427 g/mol. The van der Waals surface area contributed by atoms with Gasteiger partial charge in [0.15, 0.2) is 5.78 Å². The largest absolute Gasteiger partial charge is 0.293 e. The lowest BCUT2D eigenvalue weighted by atomic mass is 10.1. The Hall–Kier alpha value is -1.44. The molecule has 0 spiro atoms. The number of sulfonamides is 1. The minimum absolute atomic E-state index is 0.0395. The summed E-state index contributed by atoms with van der Waals surface area (Å²) < 4.78 is 26.9. The van der Waals surface area contributed by atoms with Crippen LogP contribution < -0.4 is 0 Å². The zero-order valence-electron chi connectivity index (χ0n) is 14.6. The first kappa shape index (κ1) is 20.3. The van der Waals surface area contributed by atoms with Crippen molar-refractivity contribution in [1.82, 2.24) is 9.21 Å². The lowest BCUT2D eigenvalue weighted by molar-refractivity contribution is 0.0901. The molecule has 0 radical (unpaired) electrons. The monoisotopic (exact) mass is 426 g/mol. The van der Waals surface area contributed by atoms with E-state index in [1.54, 1.807) is 30.3 Å². The van der Waals surface area contributed by atoms with Crippen molar-refractivity contribution in [2.24, 2.45) is 0 Å². The summed E-state index contributed by atoms with van der Waals surface area (Å²) in [6, 6.07) is 13.9. The maximum Gasteiger partial charge on any atom is 0.218 e. The second kappa shape index (κ2) is 8.71. The van der Waals surface area contributed by atoms with Crippen LogP contribution in [0.4, 0.5) is 0 Å². The van der Waals surface area contributed by atoms with Gasteiger partial charge in [-0.05, 0) is 23.8 Å². The van der Waals surface area contributed by atoms with Gasteiger partial charge in [0.25, 0.3) is 0 Å². The number of hydrogen-bond donors (Lipinski definition) is 0. The molecular weight excluding hydrogens is 407 g/mol. The number of nitrogens with zero attached hydrogens (tertiary/aromatic N) is 2. The summed E-state index contributed by atoms with van der Waals surface area (Å²) in [4.78, 5) is 14.3. The Morgan fingerprint density at radius 1 is 0.963 bits per heavy atom. The number of benzene rings is 2. The van der Waals surface area contributed by atoms with Crippen LogP contribution in [0.1, 0.15) is 15.9 Å². The van der Waals surface area contributed by atoms with Crippen molar-refractivity contribution in [2.75, 3.05) is 32.7 Å². The quantitative estimate of drug-likeness (QED) is 0.664. The summed E-state index contributed by atoms with van der Waals surface area (Å²) in [7, 11) is -3.50. The molecule has 0 N–H and O–H groups in total. The maximum atomic E-state index is 12.7. The second-order valence-electron chi connectivity index (χ2n) is 6.46. The predicted molar refractivity (Wildman–Crippen MR) is 108 cm³/mol. The molecule has 27 heavy (non-hydrogen) atoms. The third kappa shape index (κ3) is 5.30. The van der Waals surface area contributed by atoms with Gasteiger partial charge in [0, 0.05) is 41.8 Å². The van der Waals surface area contributed by atoms with Gasteiger partial charge in [0.05, 0.1) is 12.3 Å². The summed E-state index contributed by atoms with van der Waals surface area (Å²) in [5.74, 6) is -0.146. The molecule has 0 unspecified atom stereocenters. The van der Waals surface area contributed by atoms with Crippen molar-refractivity contribution in [3.8, 4) is 0 Å². The number of rotatable bonds is 6. The van der Waals surface area contributed by atoms with Crippen LogP contribution >= 0.6 is 23.2 Å². The molecule has 3 rings (SSSR count). The van der Waals surface area contributed by atoms with Crippen LogP contribution in [0.5, 0.6) is 0 Å². The smallest absolute Gasteiger partial charge is 0.218 e. The Balaban J connectivity index is 1.58. The highest BCUT2D eigenvalue weighted by Crippen LogP contribution is 2.24. The Morgan fingerprint density at radius 3 is 2.30 bits per heavy atom. The molecule has 1 aliphatic rings. The van der Waals surface area contributed by atoms with Gasteiger partial charge in [0.1, 0.15) is 0 Å². The summed E-state index contributed by atoms with van der Waals surface area (Å²) >= 11 is 12.0. The number of hydrogen-bond acceptors (Lipinski definition) is 4. The number of ketones is 1. The van der Waals surface area contributed by atoms with Crippen molar-refractivity contribution in [3.63, 3.8) is 0 Å². The van der Waals surface area contributed by atoms with Crippen molar-refractivity contribution in [2.45, 2.75) is 5.75 Å². The van der Waals surface area contributed by atoms with Gasteiger partial charge in [-0.2, -0.15) is 4.31 Å². The predicted octanol–water partition coefficient (Wildman–Crippen LogP) is 3.32. The fourth-order valence-corrected chi connectivity index (χ4v) is 5.02. The van der Waals surface area contributed by atoms with E-state index in [2.05, 4.69) is 0 Å². The fraction of sp³-hybridized carbons (Fsp3) is 0.316. The molecule has 2 aromatic rings. The fourth-order valence-electron chi connectivity index (χ4n) is 3.03. The summed E-state index contributed by atoms with van der Waals surface area (Å²) in [6.07, 6.45) is 0. The van der Waals surface area contributed by atoms with Gasteiger partial charge >= 0.3 is 0 Å².